The van der Waals surface area contributed by atoms with Crippen molar-refractivity contribution in [2.24, 2.45) is 0 Å². The summed E-state index contributed by atoms with van der Waals surface area (Å²) in [6, 6.07) is 29.4. The molecule has 1 aliphatic heterocycles. The first kappa shape index (κ1) is 19.5. The number of rotatable bonds is 7. The zero-order chi connectivity index (χ0) is 20.1. The van der Waals surface area contributed by atoms with Gasteiger partial charge in [0.05, 0.1) is 5.57 Å². The minimum absolute atomic E-state index is 0.149. The number of allylic oxidation sites excluding steroid dienone is 1. The minimum Gasteiger partial charge on any atom is -0.304 e. The van der Waals surface area contributed by atoms with Crippen LogP contribution >= 0.6 is 0 Å². The van der Waals surface area contributed by atoms with Gasteiger partial charge < -0.3 is 4.74 Å². The fraction of sp³-hybridized carbons (Fsp3) is 0.231. The first-order chi connectivity index (χ1) is 14.1. The molecule has 3 aromatic carbocycles. The lowest BCUT2D eigenvalue weighted by atomic mass is 9.86. The van der Waals surface area contributed by atoms with Gasteiger partial charge in [0.2, 0.25) is 0 Å². The SMILES string of the molecule is FC1(F)OC(c2ccccc2)C1=C(CCc1ccccc1)CCc1ccccc1. The van der Waals surface area contributed by atoms with Gasteiger partial charge in [-0.3, -0.25) is 0 Å². The number of alkyl halides is 2. The van der Waals surface area contributed by atoms with E-state index in [1.165, 1.54) is 0 Å². The number of halogens is 2. The van der Waals surface area contributed by atoms with Crippen molar-refractivity contribution in [2.75, 3.05) is 0 Å². The van der Waals surface area contributed by atoms with E-state index >= 15 is 0 Å². The molecule has 1 fully saturated rings. The van der Waals surface area contributed by atoms with E-state index in [1.807, 2.05) is 91.0 Å². The summed E-state index contributed by atoms with van der Waals surface area (Å²) in [7, 11) is 0. The van der Waals surface area contributed by atoms with E-state index in [0.717, 1.165) is 35.1 Å². The van der Waals surface area contributed by atoms with Crippen molar-refractivity contribution >= 4 is 0 Å². The van der Waals surface area contributed by atoms with Crippen LogP contribution in [0.15, 0.2) is 102 Å². The second kappa shape index (κ2) is 8.71. The van der Waals surface area contributed by atoms with E-state index in [1.54, 1.807) is 0 Å². The standard InChI is InChI=1S/C26H24F2O/c27-26(28)24(25(29-26)23-14-8-3-9-15-23)22(18-16-20-10-4-1-5-11-20)19-17-21-12-6-2-7-13-21/h1-15,25H,16-19H2. The number of benzene rings is 3. The lowest BCUT2D eigenvalue weighted by Crippen LogP contribution is -2.42. The summed E-state index contributed by atoms with van der Waals surface area (Å²) < 4.78 is 34.1. The molecule has 3 heteroatoms. The third kappa shape index (κ3) is 4.63. The first-order valence-electron chi connectivity index (χ1n) is 10.0. The average molecular weight is 390 g/mol. The Morgan fingerprint density at radius 2 is 1.14 bits per heavy atom. The van der Waals surface area contributed by atoms with E-state index in [9.17, 15) is 8.78 Å². The highest BCUT2D eigenvalue weighted by Gasteiger charge is 2.54. The van der Waals surface area contributed by atoms with E-state index in [4.69, 9.17) is 4.74 Å². The Kier molecular flexibility index (Phi) is 5.86. The Labute approximate surface area is 170 Å². The van der Waals surface area contributed by atoms with Gasteiger partial charge in [-0.2, -0.15) is 8.78 Å². The number of hydrogen-bond donors (Lipinski definition) is 0. The molecule has 3 aromatic rings. The van der Waals surface area contributed by atoms with Gasteiger partial charge >= 0.3 is 6.11 Å². The van der Waals surface area contributed by atoms with Crippen molar-refractivity contribution in [1.29, 1.82) is 0 Å². The van der Waals surface area contributed by atoms with E-state index < -0.39 is 12.2 Å². The molecular weight excluding hydrogens is 366 g/mol. The monoisotopic (exact) mass is 390 g/mol. The molecule has 0 aromatic heterocycles. The van der Waals surface area contributed by atoms with Gasteiger partial charge in [-0.15, -0.1) is 0 Å². The predicted octanol–water partition coefficient (Wildman–Crippen LogP) is 6.91. The molecule has 0 bridgehead atoms. The maximum absolute atomic E-state index is 14.6. The van der Waals surface area contributed by atoms with Crippen LogP contribution in [0.4, 0.5) is 8.78 Å². The molecule has 1 atom stereocenters. The lowest BCUT2D eigenvalue weighted by molar-refractivity contribution is -0.301. The molecule has 1 heterocycles. The van der Waals surface area contributed by atoms with Crippen molar-refractivity contribution in [3.8, 4) is 0 Å². The molecule has 1 saturated heterocycles. The highest BCUT2D eigenvalue weighted by atomic mass is 19.3. The van der Waals surface area contributed by atoms with E-state index in [-0.39, 0.29) is 5.57 Å². The molecule has 0 radical (unpaired) electrons. The van der Waals surface area contributed by atoms with Crippen LogP contribution in [-0.4, -0.2) is 6.11 Å². The van der Waals surface area contributed by atoms with Crippen LogP contribution in [0.1, 0.15) is 35.6 Å². The Morgan fingerprint density at radius 1 is 0.690 bits per heavy atom. The summed E-state index contributed by atoms with van der Waals surface area (Å²) in [4.78, 5) is 0. The second-order valence-corrected chi connectivity index (χ2v) is 7.41. The van der Waals surface area contributed by atoms with Crippen LogP contribution in [0.2, 0.25) is 0 Å². The van der Waals surface area contributed by atoms with Crippen molar-refractivity contribution in [1.82, 2.24) is 0 Å². The maximum atomic E-state index is 14.6. The smallest absolute Gasteiger partial charge is 0.304 e. The third-order valence-corrected chi connectivity index (χ3v) is 5.44. The molecule has 0 aliphatic carbocycles. The Hall–Kier alpha value is -2.78. The van der Waals surface area contributed by atoms with Crippen molar-refractivity contribution in [3.05, 3.63) is 119 Å². The molecular formula is C26H24F2O. The molecule has 1 nitrogen and oxygen atoms in total. The van der Waals surface area contributed by atoms with Crippen LogP contribution in [0.5, 0.6) is 0 Å². The molecule has 1 aliphatic rings. The van der Waals surface area contributed by atoms with Gasteiger partial charge in [0, 0.05) is 0 Å². The summed E-state index contributed by atoms with van der Waals surface area (Å²) in [5, 5.41) is 0. The van der Waals surface area contributed by atoms with Gasteiger partial charge in [0.1, 0.15) is 6.10 Å². The molecule has 4 rings (SSSR count). The average Bonchev–Trinajstić information content (AvgIpc) is 2.76. The van der Waals surface area contributed by atoms with Crippen LogP contribution in [-0.2, 0) is 17.6 Å². The van der Waals surface area contributed by atoms with Crippen molar-refractivity contribution in [3.63, 3.8) is 0 Å². The minimum atomic E-state index is -3.19. The summed E-state index contributed by atoms with van der Waals surface area (Å²) in [6.45, 7) is 0. The topological polar surface area (TPSA) is 9.23 Å². The summed E-state index contributed by atoms with van der Waals surface area (Å²) in [5.74, 6) is 0. The van der Waals surface area contributed by atoms with Gasteiger partial charge in [0.25, 0.3) is 0 Å². The molecule has 0 spiro atoms. The molecule has 0 N–H and O–H groups in total. The van der Waals surface area contributed by atoms with Gasteiger partial charge in [0.15, 0.2) is 0 Å². The highest BCUT2D eigenvalue weighted by Crippen LogP contribution is 2.52. The molecule has 1 unspecified atom stereocenters. The highest BCUT2D eigenvalue weighted by molar-refractivity contribution is 5.38. The largest absolute Gasteiger partial charge is 0.383 e. The molecule has 148 valence electrons. The van der Waals surface area contributed by atoms with Crippen LogP contribution < -0.4 is 0 Å². The number of hydrogen-bond acceptors (Lipinski definition) is 1. The summed E-state index contributed by atoms with van der Waals surface area (Å²) in [5.41, 5.74) is 4.05. The van der Waals surface area contributed by atoms with Crippen LogP contribution in [0.3, 0.4) is 0 Å². The lowest BCUT2D eigenvalue weighted by Gasteiger charge is -2.40. The van der Waals surface area contributed by atoms with Crippen LogP contribution in [0, 0.1) is 0 Å². The van der Waals surface area contributed by atoms with E-state index in [2.05, 4.69) is 0 Å². The normalized spacial score (nSPS) is 17.6. The Balaban J connectivity index is 1.62. The number of aryl methyl sites for hydroxylation is 2. The molecule has 29 heavy (non-hydrogen) atoms. The zero-order valence-electron chi connectivity index (χ0n) is 16.2. The van der Waals surface area contributed by atoms with Gasteiger partial charge in [-0.25, -0.2) is 0 Å². The number of ether oxygens (including phenoxy) is 1. The molecule has 0 saturated carbocycles. The summed E-state index contributed by atoms with van der Waals surface area (Å²) in [6.07, 6.45) is -1.16. The van der Waals surface area contributed by atoms with E-state index in [0.29, 0.717) is 12.8 Å². The molecule has 0 amide bonds. The van der Waals surface area contributed by atoms with Gasteiger partial charge in [-0.05, 0) is 42.4 Å². The fourth-order valence-electron chi connectivity index (χ4n) is 3.89. The second-order valence-electron chi connectivity index (χ2n) is 7.41. The Bertz CT molecular complexity index is 904. The third-order valence-electron chi connectivity index (χ3n) is 5.44. The zero-order valence-corrected chi connectivity index (χ0v) is 16.2. The summed E-state index contributed by atoms with van der Waals surface area (Å²) >= 11 is 0. The van der Waals surface area contributed by atoms with Gasteiger partial charge in [-0.1, -0.05) is 96.6 Å². The van der Waals surface area contributed by atoms with Crippen molar-refractivity contribution in [2.45, 2.75) is 37.9 Å². The fourth-order valence-corrected chi connectivity index (χ4v) is 3.89. The Morgan fingerprint density at radius 3 is 1.59 bits per heavy atom. The first-order valence-corrected chi connectivity index (χ1v) is 10.0. The maximum Gasteiger partial charge on any atom is 0.383 e. The van der Waals surface area contributed by atoms with Crippen LogP contribution in [0.25, 0.3) is 0 Å². The quantitative estimate of drug-likeness (QED) is 0.398. The predicted molar refractivity (Wildman–Crippen MR) is 112 cm³/mol. The van der Waals surface area contributed by atoms with Crippen molar-refractivity contribution < 1.29 is 13.5 Å².